The van der Waals surface area contributed by atoms with Crippen LogP contribution in [0.5, 0.6) is 0 Å². The summed E-state index contributed by atoms with van der Waals surface area (Å²) < 4.78 is 0.492. The maximum absolute atomic E-state index is 4.85. The third kappa shape index (κ3) is 3.10. The topological polar surface area (TPSA) is 24.4 Å². The van der Waals surface area contributed by atoms with Crippen LogP contribution in [0.15, 0.2) is 4.99 Å². The van der Waals surface area contributed by atoms with Crippen LogP contribution in [0.1, 0.15) is 51.4 Å². The molecule has 2 fully saturated rings. The summed E-state index contributed by atoms with van der Waals surface area (Å²) in [5.41, 5.74) is 0.570. The molecule has 0 atom stereocenters. The van der Waals surface area contributed by atoms with Crippen LogP contribution >= 0.6 is 23.5 Å². The first-order chi connectivity index (χ1) is 9.26. The van der Waals surface area contributed by atoms with E-state index >= 15 is 0 Å². The fourth-order valence-corrected chi connectivity index (χ4v) is 5.86. The van der Waals surface area contributed by atoms with Gasteiger partial charge in [-0.2, -0.15) is 11.8 Å². The molecule has 0 aromatic rings. The highest BCUT2D eigenvalue weighted by Crippen LogP contribution is 2.43. The molecule has 108 valence electrons. The smallest absolute Gasteiger partial charge is 0.156 e. The molecule has 1 N–H and O–H groups in total. The van der Waals surface area contributed by atoms with Crippen molar-refractivity contribution in [1.29, 1.82) is 0 Å². The highest BCUT2D eigenvalue weighted by molar-refractivity contribution is 8.13. The van der Waals surface area contributed by atoms with E-state index in [4.69, 9.17) is 4.99 Å². The van der Waals surface area contributed by atoms with Gasteiger partial charge in [0.25, 0.3) is 0 Å². The molecule has 4 heteroatoms. The van der Waals surface area contributed by atoms with E-state index in [1.807, 2.05) is 11.8 Å². The highest BCUT2D eigenvalue weighted by atomic mass is 32.2. The van der Waals surface area contributed by atoms with E-state index in [1.54, 1.807) is 0 Å². The van der Waals surface area contributed by atoms with Crippen LogP contribution in [0.3, 0.4) is 0 Å². The summed E-state index contributed by atoms with van der Waals surface area (Å²) in [6.07, 6.45) is 13.5. The lowest BCUT2D eigenvalue weighted by molar-refractivity contribution is 0.358. The highest BCUT2D eigenvalue weighted by Gasteiger charge is 2.37. The summed E-state index contributed by atoms with van der Waals surface area (Å²) in [6.45, 7) is 2.20. The quantitative estimate of drug-likeness (QED) is 0.855. The van der Waals surface area contributed by atoms with Crippen molar-refractivity contribution < 1.29 is 0 Å². The molecule has 3 aliphatic rings. The molecular formula is C15H26N2S2. The molecule has 1 heterocycles. The van der Waals surface area contributed by atoms with Crippen molar-refractivity contribution in [3.63, 3.8) is 0 Å². The van der Waals surface area contributed by atoms with Gasteiger partial charge in [-0.05, 0) is 37.4 Å². The Kier molecular flexibility index (Phi) is 4.37. The van der Waals surface area contributed by atoms with E-state index in [9.17, 15) is 0 Å². The normalized spacial score (nSPS) is 28.6. The average Bonchev–Trinajstić information content (AvgIpc) is 3.09. The lowest BCUT2D eigenvalue weighted by Gasteiger charge is -2.33. The monoisotopic (exact) mass is 298 g/mol. The van der Waals surface area contributed by atoms with Gasteiger partial charge in [0.05, 0.1) is 0 Å². The lowest BCUT2D eigenvalue weighted by Crippen LogP contribution is -2.40. The molecule has 2 aliphatic carbocycles. The molecule has 1 aliphatic heterocycles. The maximum Gasteiger partial charge on any atom is 0.156 e. The van der Waals surface area contributed by atoms with Crippen molar-refractivity contribution in [2.75, 3.05) is 25.1 Å². The van der Waals surface area contributed by atoms with Gasteiger partial charge in [-0.3, -0.25) is 4.99 Å². The zero-order valence-corrected chi connectivity index (χ0v) is 13.7. The van der Waals surface area contributed by atoms with E-state index in [-0.39, 0.29) is 0 Å². The van der Waals surface area contributed by atoms with Crippen molar-refractivity contribution in [3.8, 4) is 0 Å². The molecule has 2 saturated carbocycles. The van der Waals surface area contributed by atoms with E-state index in [1.165, 1.54) is 62.3 Å². The number of nitrogens with one attached hydrogen (secondary N) is 1. The minimum absolute atomic E-state index is 0.492. The van der Waals surface area contributed by atoms with Crippen molar-refractivity contribution in [2.24, 2.45) is 10.4 Å². The standard InChI is InChI=1S/C15H26N2S2/c1-18-15(8-4-5-9-15)11-17-13-16-10-14(12-19-13)6-2-3-7-14/h2-12H2,1H3,(H,16,17). The Hall–Kier alpha value is 0.170. The SMILES string of the molecule is CSC1(CNC2=NCC3(CCCC3)CS2)CCCC1. The zero-order valence-electron chi connectivity index (χ0n) is 12.0. The predicted octanol–water partition coefficient (Wildman–Crippen LogP) is 3.92. The van der Waals surface area contributed by atoms with Crippen LogP contribution in [0.2, 0.25) is 0 Å². The molecule has 2 nitrogen and oxygen atoms in total. The molecular weight excluding hydrogens is 272 g/mol. The van der Waals surface area contributed by atoms with Gasteiger partial charge in [0.15, 0.2) is 5.17 Å². The second-order valence-corrected chi connectivity index (χ2v) is 8.80. The van der Waals surface area contributed by atoms with E-state index < -0.39 is 0 Å². The fraction of sp³-hybridized carbons (Fsp3) is 0.933. The number of hydrogen-bond donors (Lipinski definition) is 1. The Morgan fingerprint density at radius 3 is 2.42 bits per heavy atom. The van der Waals surface area contributed by atoms with E-state index in [0.29, 0.717) is 10.2 Å². The summed E-state index contributed by atoms with van der Waals surface area (Å²) in [5, 5.41) is 4.87. The molecule has 0 radical (unpaired) electrons. The first-order valence-electron chi connectivity index (χ1n) is 7.72. The van der Waals surface area contributed by atoms with Crippen LogP contribution in [0.4, 0.5) is 0 Å². The number of hydrogen-bond acceptors (Lipinski definition) is 4. The fourth-order valence-electron chi connectivity index (χ4n) is 3.80. The molecule has 3 rings (SSSR count). The predicted molar refractivity (Wildman–Crippen MR) is 88.4 cm³/mol. The minimum atomic E-state index is 0.492. The van der Waals surface area contributed by atoms with Crippen LogP contribution in [0, 0.1) is 5.41 Å². The molecule has 0 aromatic carbocycles. The Morgan fingerprint density at radius 1 is 1.16 bits per heavy atom. The number of thioether (sulfide) groups is 2. The molecule has 0 amide bonds. The lowest BCUT2D eigenvalue weighted by atomic mass is 9.89. The summed E-state index contributed by atoms with van der Waals surface area (Å²) in [6, 6.07) is 0. The van der Waals surface area contributed by atoms with Gasteiger partial charge in [-0.1, -0.05) is 37.4 Å². The summed E-state index contributed by atoms with van der Waals surface area (Å²) in [4.78, 5) is 4.85. The van der Waals surface area contributed by atoms with Crippen molar-refractivity contribution in [1.82, 2.24) is 5.32 Å². The minimum Gasteiger partial charge on any atom is -0.364 e. The van der Waals surface area contributed by atoms with E-state index in [0.717, 1.165) is 13.1 Å². The Morgan fingerprint density at radius 2 is 1.84 bits per heavy atom. The van der Waals surface area contributed by atoms with Gasteiger partial charge < -0.3 is 5.32 Å². The largest absolute Gasteiger partial charge is 0.364 e. The summed E-state index contributed by atoms with van der Waals surface area (Å²) in [7, 11) is 0. The van der Waals surface area contributed by atoms with Gasteiger partial charge in [0.2, 0.25) is 0 Å². The van der Waals surface area contributed by atoms with Gasteiger partial charge >= 0.3 is 0 Å². The van der Waals surface area contributed by atoms with Gasteiger partial charge in [-0.25, -0.2) is 0 Å². The Labute approximate surface area is 126 Å². The summed E-state index contributed by atoms with van der Waals surface area (Å²) >= 11 is 4.04. The van der Waals surface area contributed by atoms with Crippen LogP contribution < -0.4 is 5.32 Å². The van der Waals surface area contributed by atoms with Crippen LogP contribution in [0.25, 0.3) is 0 Å². The average molecular weight is 299 g/mol. The third-order valence-corrected chi connectivity index (χ3v) is 7.97. The second-order valence-electron chi connectivity index (χ2n) is 6.56. The van der Waals surface area contributed by atoms with Crippen LogP contribution in [-0.2, 0) is 0 Å². The van der Waals surface area contributed by atoms with Crippen molar-refractivity contribution >= 4 is 28.7 Å². The molecule has 0 bridgehead atoms. The van der Waals surface area contributed by atoms with Crippen molar-refractivity contribution in [2.45, 2.75) is 56.1 Å². The van der Waals surface area contributed by atoms with Gasteiger partial charge in [-0.15, -0.1) is 0 Å². The molecule has 19 heavy (non-hydrogen) atoms. The number of aliphatic imine (C=N–C) groups is 1. The Balaban J connectivity index is 1.52. The number of rotatable bonds is 3. The molecule has 1 spiro atoms. The number of amidine groups is 1. The summed E-state index contributed by atoms with van der Waals surface area (Å²) in [5.74, 6) is 1.30. The van der Waals surface area contributed by atoms with Gasteiger partial charge in [0, 0.05) is 23.6 Å². The number of nitrogens with zero attached hydrogens (tertiary/aromatic N) is 1. The second kappa shape index (κ2) is 5.88. The van der Waals surface area contributed by atoms with Gasteiger partial charge in [0.1, 0.15) is 0 Å². The first-order valence-corrected chi connectivity index (χ1v) is 9.93. The Bertz CT molecular complexity index is 342. The maximum atomic E-state index is 4.85. The molecule has 0 saturated heterocycles. The van der Waals surface area contributed by atoms with Crippen molar-refractivity contribution in [3.05, 3.63) is 0 Å². The molecule has 0 unspecified atom stereocenters. The zero-order chi connectivity index (χ0) is 13.2. The third-order valence-electron chi connectivity index (χ3n) is 5.25. The molecule has 0 aromatic heterocycles. The van der Waals surface area contributed by atoms with Crippen LogP contribution in [-0.4, -0.2) is 35.0 Å². The first kappa shape index (κ1) is 14.1. The van der Waals surface area contributed by atoms with E-state index in [2.05, 4.69) is 23.3 Å².